The summed E-state index contributed by atoms with van der Waals surface area (Å²) in [6, 6.07) is 3.46. The third-order valence-corrected chi connectivity index (χ3v) is 4.57. The average Bonchev–Trinajstić information content (AvgIpc) is 2.21. The minimum Gasteiger partial charge on any atom is -0.496 e. The van der Waals surface area contributed by atoms with Crippen molar-refractivity contribution < 1.29 is 9.53 Å². The highest BCUT2D eigenvalue weighted by molar-refractivity contribution is 14.1. The smallest absolute Gasteiger partial charge is 0.178 e. The van der Waals surface area contributed by atoms with Crippen LogP contribution in [0.1, 0.15) is 10.4 Å². The predicted octanol–water partition coefficient (Wildman–Crippen LogP) is 3.48. The van der Waals surface area contributed by atoms with Crippen LogP contribution in [-0.2, 0) is 0 Å². The van der Waals surface area contributed by atoms with E-state index < -0.39 is 0 Å². The van der Waals surface area contributed by atoms with Crippen molar-refractivity contribution in [1.29, 1.82) is 0 Å². The minimum atomic E-state index is -0.0980. The van der Waals surface area contributed by atoms with Gasteiger partial charge < -0.3 is 4.74 Å². The van der Waals surface area contributed by atoms with Gasteiger partial charge in [-0.3, -0.25) is 4.79 Å². The second kappa shape index (κ2) is 5.32. The summed E-state index contributed by atoms with van der Waals surface area (Å²) >= 11 is 10.9. The van der Waals surface area contributed by atoms with E-state index in [1.54, 1.807) is 19.2 Å². The highest BCUT2D eigenvalue weighted by Crippen LogP contribution is 2.31. The summed E-state index contributed by atoms with van der Waals surface area (Å²) in [7, 11) is 1.59. The molecule has 0 atom stereocenters. The zero-order valence-electron chi connectivity index (χ0n) is 7.31. The van der Waals surface area contributed by atoms with E-state index in [1.165, 1.54) is 0 Å². The van der Waals surface area contributed by atoms with Crippen LogP contribution in [0.3, 0.4) is 0 Å². The molecule has 0 aliphatic rings. The molecule has 5 heteroatoms. The van der Waals surface area contributed by atoms with E-state index >= 15 is 0 Å². The fraction of sp³-hybridized carbons (Fsp3) is 0.222. The second-order valence-corrected chi connectivity index (χ2v) is 4.64. The van der Waals surface area contributed by atoms with Gasteiger partial charge in [0, 0.05) is 10.0 Å². The van der Waals surface area contributed by atoms with Gasteiger partial charge in [0.1, 0.15) is 5.75 Å². The van der Waals surface area contributed by atoms with Crippen LogP contribution >= 0.6 is 50.1 Å². The number of halogens is 3. The molecule has 2 nitrogen and oxygen atoms in total. The summed E-state index contributed by atoms with van der Waals surface area (Å²) < 4.78 is 6.73. The Kier molecular flexibility index (Phi) is 4.66. The summed E-state index contributed by atoms with van der Waals surface area (Å²) in [6.45, 7) is 0. The van der Waals surface area contributed by atoms with Gasteiger partial charge >= 0.3 is 0 Å². The number of carbonyl (C=O) groups is 1. The maximum Gasteiger partial charge on any atom is 0.178 e. The minimum absolute atomic E-state index is 0.0129. The van der Waals surface area contributed by atoms with Gasteiger partial charge in [-0.25, -0.2) is 0 Å². The van der Waals surface area contributed by atoms with E-state index in [0.717, 1.165) is 13.8 Å². The summed E-state index contributed by atoms with van der Waals surface area (Å²) in [5.74, 6) is 0.629. The number of carbonyl (C=O) groups excluding carboxylic acids is 1. The van der Waals surface area contributed by atoms with Crippen molar-refractivity contribution in [3.8, 4) is 5.75 Å². The van der Waals surface area contributed by atoms with Crippen LogP contribution in [0.15, 0.2) is 16.6 Å². The molecular weight excluding hydrogens is 382 g/mol. The first-order chi connectivity index (χ1) is 6.61. The van der Waals surface area contributed by atoms with Crippen molar-refractivity contribution in [3.63, 3.8) is 0 Å². The second-order valence-electron chi connectivity index (χ2n) is 2.50. The lowest BCUT2D eigenvalue weighted by Gasteiger charge is -2.08. The summed E-state index contributed by atoms with van der Waals surface area (Å²) in [6.07, 6.45) is 0. The van der Waals surface area contributed by atoms with Crippen LogP contribution in [0, 0.1) is 3.57 Å². The third-order valence-electron chi connectivity index (χ3n) is 1.69. The summed E-state index contributed by atoms with van der Waals surface area (Å²) in [4.78, 5) is 11.4. The fourth-order valence-corrected chi connectivity index (χ4v) is 2.36. The van der Waals surface area contributed by atoms with Crippen molar-refractivity contribution in [2.75, 3.05) is 13.0 Å². The van der Waals surface area contributed by atoms with E-state index in [0.29, 0.717) is 5.56 Å². The van der Waals surface area contributed by atoms with Gasteiger partial charge in [-0.05, 0) is 50.7 Å². The van der Waals surface area contributed by atoms with Crippen molar-refractivity contribution in [3.05, 3.63) is 25.7 Å². The van der Waals surface area contributed by atoms with Crippen LogP contribution in [0.25, 0.3) is 0 Å². The molecule has 0 unspecified atom stereocenters. The Balaban J connectivity index is 3.24. The average molecular weight is 389 g/mol. The van der Waals surface area contributed by atoms with E-state index in [1.807, 2.05) is 0 Å². The van der Waals surface area contributed by atoms with Gasteiger partial charge in [-0.2, -0.15) is 0 Å². The number of benzene rings is 1. The van der Waals surface area contributed by atoms with Crippen LogP contribution in [0.2, 0.25) is 0 Å². The van der Waals surface area contributed by atoms with Gasteiger partial charge in [0.15, 0.2) is 5.78 Å². The number of alkyl halides is 1. The van der Waals surface area contributed by atoms with Crippen LogP contribution in [-0.4, -0.2) is 18.8 Å². The van der Waals surface area contributed by atoms with E-state index in [-0.39, 0.29) is 11.7 Å². The Labute approximate surface area is 109 Å². The Bertz CT molecular complexity index is 368. The Morgan fingerprint density at radius 2 is 2.29 bits per heavy atom. The molecule has 0 radical (unpaired) electrons. The zero-order chi connectivity index (χ0) is 10.7. The monoisotopic (exact) mass is 388 g/mol. The van der Waals surface area contributed by atoms with E-state index in [9.17, 15) is 4.79 Å². The first-order valence-corrected chi connectivity index (χ1v) is 6.13. The quantitative estimate of drug-likeness (QED) is 0.450. The van der Waals surface area contributed by atoms with Crippen molar-refractivity contribution in [2.24, 2.45) is 0 Å². The zero-order valence-corrected chi connectivity index (χ0v) is 11.8. The number of hydrogen-bond acceptors (Lipinski definition) is 2. The third kappa shape index (κ3) is 2.41. The van der Waals surface area contributed by atoms with E-state index in [2.05, 4.69) is 38.5 Å². The molecule has 1 aromatic carbocycles. The largest absolute Gasteiger partial charge is 0.496 e. The van der Waals surface area contributed by atoms with E-state index in [4.69, 9.17) is 16.3 Å². The van der Waals surface area contributed by atoms with Gasteiger partial charge in [0.2, 0.25) is 0 Å². The lowest BCUT2D eigenvalue weighted by molar-refractivity contribution is 0.102. The number of methoxy groups -OCH3 is 1. The molecule has 0 heterocycles. The van der Waals surface area contributed by atoms with Gasteiger partial charge in [0.25, 0.3) is 0 Å². The normalized spacial score (nSPS) is 10.0. The number of Topliss-reactive ketones (excluding diaryl/α,β-unsaturated/α-hetero) is 1. The molecule has 0 bridgehead atoms. The lowest BCUT2D eigenvalue weighted by atomic mass is 10.1. The number of rotatable bonds is 3. The van der Waals surface area contributed by atoms with Gasteiger partial charge in [-0.1, -0.05) is 0 Å². The predicted molar refractivity (Wildman–Crippen MR) is 68.5 cm³/mol. The topological polar surface area (TPSA) is 26.3 Å². The molecule has 14 heavy (non-hydrogen) atoms. The Hall–Kier alpha value is 0.190. The summed E-state index contributed by atoms with van der Waals surface area (Å²) in [5.41, 5.74) is 0.588. The molecule has 1 rings (SSSR count). The molecule has 0 saturated heterocycles. The molecule has 0 spiro atoms. The maximum absolute atomic E-state index is 11.4. The molecule has 0 aliphatic carbocycles. The lowest BCUT2D eigenvalue weighted by Crippen LogP contribution is -2.03. The van der Waals surface area contributed by atoms with Crippen molar-refractivity contribution in [1.82, 2.24) is 0 Å². The molecule has 0 saturated carbocycles. The number of hydrogen-bond donors (Lipinski definition) is 0. The number of ketones is 1. The van der Waals surface area contributed by atoms with Crippen molar-refractivity contribution >= 4 is 55.9 Å². The molecule has 0 N–H and O–H groups in total. The first-order valence-electron chi connectivity index (χ1n) is 3.73. The number of ether oxygens (including phenoxy) is 1. The highest BCUT2D eigenvalue weighted by Gasteiger charge is 2.14. The molecule has 1 aromatic rings. The summed E-state index contributed by atoms with van der Waals surface area (Å²) in [5, 5.41) is 0. The van der Waals surface area contributed by atoms with Crippen molar-refractivity contribution in [2.45, 2.75) is 0 Å². The SMILES string of the molecule is COc1ccc(C(=O)CCl)c(Br)c1I. The fourth-order valence-electron chi connectivity index (χ4n) is 0.977. The molecule has 0 aromatic heterocycles. The van der Waals surface area contributed by atoms with Crippen LogP contribution < -0.4 is 4.74 Å². The molecule has 0 aliphatic heterocycles. The molecule has 0 fully saturated rings. The standard InChI is InChI=1S/C9H7BrClIO2/c1-14-7-3-2-5(6(13)4-11)8(10)9(7)12/h2-3H,4H2,1H3. The Morgan fingerprint density at radius 1 is 1.64 bits per heavy atom. The van der Waals surface area contributed by atoms with Crippen LogP contribution in [0.5, 0.6) is 5.75 Å². The first kappa shape index (κ1) is 12.3. The molecule has 0 amide bonds. The van der Waals surface area contributed by atoms with Crippen LogP contribution in [0.4, 0.5) is 0 Å². The maximum atomic E-state index is 11.4. The van der Waals surface area contributed by atoms with Gasteiger partial charge in [0.05, 0.1) is 16.6 Å². The molecule has 76 valence electrons. The highest BCUT2D eigenvalue weighted by atomic mass is 127. The Morgan fingerprint density at radius 3 is 2.79 bits per heavy atom. The molecular formula is C9H7BrClIO2. The van der Waals surface area contributed by atoms with Gasteiger partial charge in [-0.15, -0.1) is 11.6 Å².